The molecule has 0 atom stereocenters. The number of amides is 3. The van der Waals surface area contributed by atoms with Crippen LogP contribution in [-0.4, -0.2) is 67.1 Å². The first-order valence-corrected chi connectivity index (χ1v) is 8.88. The topological polar surface area (TPSA) is 90.5 Å². The third kappa shape index (κ3) is 4.33. The van der Waals surface area contributed by atoms with Crippen LogP contribution < -0.4 is 15.5 Å². The van der Waals surface area contributed by atoms with E-state index < -0.39 is 0 Å². The van der Waals surface area contributed by atoms with Crippen LogP contribution in [0.3, 0.4) is 0 Å². The lowest BCUT2D eigenvalue weighted by atomic mass is 10.1. The molecule has 1 fully saturated rings. The second-order valence-electron chi connectivity index (χ2n) is 6.65. The number of rotatable bonds is 6. The van der Waals surface area contributed by atoms with Crippen LogP contribution in [0.1, 0.15) is 15.9 Å². The fraction of sp³-hybridized carbons (Fsp3) is 0.368. The van der Waals surface area contributed by atoms with E-state index in [-0.39, 0.29) is 11.9 Å². The Morgan fingerprint density at radius 1 is 1.37 bits per heavy atom. The van der Waals surface area contributed by atoms with Crippen LogP contribution in [0.15, 0.2) is 30.5 Å². The summed E-state index contributed by atoms with van der Waals surface area (Å²) in [4.78, 5) is 36.5. The highest BCUT2D eigenvalue weighted by Gasteiger charge is 2.19. The zero-order valence-electron chi connectivity index (χ0n) is 15.8. The average Bonchev–Trinajstić information content (AvgIpc) is 3.07. The molecule has 1 aromatic heterocycles. The van der Waals surface area contributed by atoms with Gasteiger partial charge >= 0.3 is 6.03 Å². The standard InChI is InChI=1S/C19H24N6O2/c1-13-12-22-16(23-17(13)24(2)3)14-5-4-6-15(11-14)18(26)20-7-9-25-10-8-21-19(25)27/h4-6,11-12H,7-10H2,1-3H3,(H,20,26)(H,21,27). The van der Waals surface area contributed by atoms with Gasteiger partial charge in [0.15, 0.2) is 5.82 Å². The number of benzene rings is 1. The molecule has 27 heavy (non-hydrogen) atoms. The number of hydrogen-bond acceptors (Lipinski definition) is 5. The summed E-state index contributed by atoms with van der Waals surface area (Å²) < 4.78 is 0. The quantitative estimate of drug-likeness (QED) is 0.801. The van der Waals surface area contributed by atoms with Crippen LogP contribution in [0.25, 0.3) is 11.4 Å². The Kier molecular flexibility index (Phi) is 5.54. The van der Waals surface area contributed by atoms with Crippen LogP contribution in [-0.2, 0) is 0 Å². The first-order chi connectivity index (χ1) is 13.0. The van der Waals surface area contributed by atoms with E-state index in [1.165, 1.54) is 0 Å². The number of nitrogens with one attached hydrogen (secondary N) is 2. The van der Waals surface area contributed by atoms with E-state index in [9.17, 15) is 9.59 Å². The fourth-order valence-electron chi connectivity index (χ4n) is 2.96. The van der Waals surface area contributed by atoms with Gasteiger partial charge < -0.3 is 20.4 Å². The summed E-state index contributed by atoms with van der Waals surface area (Å²) in [6, 6.07) is 7.15. The molecule has 1 aliphatic heterocycles. The predicted molar refractivity (Wildman–Crippen MR) is 104 cm³/mol. The summed E-state index contributed by atoms with van der Waals surface area (Å²) in [5.74, 6) is 1.24. The van der Waals surface area contributed by atoms with E-state index >= 15 is 0 Å². The lowest BCUT2D eigenvalue weighted by Gasteiger charge is -2.15. The van der Waals surface area contributed by atoms with Crippen molar-refractivity contribution in [1.29, 1.82) is 0 Å². The van der Waals surface area contributed by atoms with Crippen molar-refractivity contribution in [3.63, 3.8) is 0 Å². The number of carbonyl (C=O) groups is 2. The summed E-state index contributed by atoms with van der Waals surface area (Å²) in [5, 5.41) is 5.59. The molecule has 8 nitrogen and oxygen atoms in total. The van der Waals surface area contributed by atoms with E-state index in [0.717, 1.165) is 16.9 Å². The second kappa shape index (κ2) is 8.03. The van der Waals surface area contributed by atoms with Gasteiger partial charge in [0.1, 0.15) is 5.82 Å². The molecule has 1 saturated heterocycles. The number of anilines is 1. The van der Waals surface area contributed by atoms with Gasteiger partial charge in [-0.2, -0.15) is 0 Å². The zero-order valence-corrected chi connectivity index (χ0v) is 15.8. The monoisotopic (exact) mass is 368 g/mol. The molecule has 0 saturated carbocycles. The average molecular weight is 368 g/mol. The van der Waals surface area contributed by atoms with Gasteiger partial charge in [-0.15, -0.1) is 0 Å². The van der Waals surface area contributed by atoms with Gasteiger partial charge in [0.2, 0.25) is 0 Å². The van der Waals surface area contributed by atoms with Crippen LogP contribution in [0.5, 0.6) is 0 Å². The third-order valence-corrected chi connectivity index (χ3v) is 4.36. The van der Waals surface area contributed by atoms with Crippen molar-refractivity contribution < 1.29 is 9.59 Å². The van der Waals surface area contributed by atoms with Gasteiger partial charge in [-0.3, -0.25) is 4.79 Å². The van der Waals surface area contributed by atoms with E-state index in [0.29, 0.717) is 37.6 Å². The molecule has 0 spiro atoms. The van der Waals surface area contributed by atoms with Gasteiger partial charge in [0.05, 0.1) is 0 Å². The SMILES string of the molecule is Cc1cnc(-c2cccc(C(=O)NCCN3CCNC3=O)c2)nc1N(C)C. The summed E-state index contributed by atoms with van der Waals surface area (Å²) in [6.45, 7) is 4.18. The van der Waals surface area contributed by atoms with Crippen molar-refractivity contribution in [2.24, 2.45) is 0 Å². The maximum atomic E-state index is 12.4. The Labute approximate surface area is 158 Å². The molecule has 0 radical (unpaired) electrons. The molecule has 0 aliphatic carbocycles. The summed E-state index contributed by atoms with van der Waals surface area (Å²) >= 11 is 0. The Morgan fingerprint density at radius 2 is 2.19 bits per heavy atom. The molecule has 2 aromatic rings. The highest BCUT2D eigenvalue weighted by atomic mass is 16.2. The maximum Gasteiger partial charge on any atom is 0.317 e. The van der Waals surface area contributed by atoms with E-state index in [2.05, 4.69) is 20.6 Å². The summed E-state index contributed by atoms with van der Waals surface area (Å²) in [7, 11) is 3.87. The highest BCUT2D eigenvalue weighted by Crippen LogP contribution is 2.21. The molecule has 1 aliphatic rings. The lowest BCUT2D eigenvalue weighted by molar-refractivity contribution is 0.0950. The number of carbonyl (C=O) groups excluding carboxylic acids is 2. The fourth-order valence-corrected chi connectivity index (χ4v) is 2.96. The number of nitrogens with zero attached hydrogens (tertiary/aromatic N) is 4. The molecule has 3 amide bonds. The number of aromatic nitrogens is 2. The molecule has 0 unspecified atom stereocenters. The molecule has 2 N–H and O–H groups in total. The third-order valence-electron chi connectivity index (χ3n) is 4.36. The first kappa shape index (κ1) is 18.6. The van der Waals surface area contributed by atoms with Gasteiger partial charge in [-0.1, -0.05) is 12.1 Å². The van der Waals surface area contributed by atoms with Crippen molar-refractivity contribution in [1.82, 2.24) is 25.5 Å². The molecular formula is C19H24N6O2. The smallest absolute Gasteiger partial charge is 0.317 e. The number of hydrogen-bond donors (Lipinski definition) is 2. The molecular weight excluding hydrogens is 344 g/mol. The minimum Gasteiger partial charge on any atom is -0.362 e. The van der Waals surface area contributed by atoms with Gasteiger partial charge in [0, 0.05) is 63.2 Å². The summed E-state index contributed by atoms with van der Waals surface area (Å²) in [6.07, 6.45) is 1.78. The van der Waals surface area contributed by atoms with Gasteiger partial charge in [-0.05, 0) is 19.1 Å². The molecule has 2 heterocycles. The van der Waals surface area contributed by atoms with Crippen molar-refractivity contribution in [2.45, 2.75) is 6.92 Å². The Balaban J connectivity index is 1.69. The van der Waals surface area contributed by atoms with Gasteiger partial charge in [0.25, 0.3) is 5.91 Å². The van der Waals surface area contributed by atoms with Crippen LogP contribution >= 0.6 is 0 Å². The van der Waals surface area contributed by atoms with E-state index in [4.69, 9.17) is 0 Å². The van der Waals surface area contributed by atoms with Crippen molar-refractivity contribution >= 4 is 17.8 Å². The molecule has 8 heteroatoms. The van der Waals surface area contributed by atoms with Gasteiger partial charge in [-0.25, -0.2) is 14.8 Å². The number of aryl methyl sites for hydroxylation is 1. The van der Waals surface area contributed by atoms with E-state index in [1.807, 2.05) is 38.1 Å². The Bertz CT molecular complexity index is 852. The normalized spacial score (nSPS) is 13.4. The van der Waals surface area contributed by atoms with Crippen LogP contribution in [0, 0.1) is 6.92 Å². The van der Waals surface area contributed by atoms with Crippen LogP contribution in [0.4, 0.5) is 10.6 Å². The molecule has 1 aromatic carbocycles. The Morgan fingerprint density at radius 3 is 2.89 bits per heavy atom. The molecule has 142 valence electrons. The minimum atomic E-state index is -0.184. The minimum absolute atomic E-state index is 0.0838. The largest absolute Gasteiger partial charge is 0.362 e. The van der Waals surface area contributed by atoms with Crippen molar-refractivity contribution in [2.75, 3.05) is 45.2 Å². The lowest BCUT2D eigenvalue weighted by Crippen LogP contribution is -2.36. The van der Waals surface area contributed by atoms with Crippen LogP contribution in [0.2, 0.25) is 0 Å². The number of urea groups is 1. The predicted octanol–water partition coefficient (Wildman–Crippen LogP) is 1.27. The molecule has 3 rings (SSSR count). The first-order valence-electron chi connectivity index (χ1n) is 8.88. The highest BCUT2D eigenvalue weighted by molar-refractivity contribution is 5.95. The summed E-state index contributed by atoms with van der Waals surface area (Å²) in [5.41, 5.74) is 2.31. The maximum absolute atomic E-state index is 12.4. The molecule has 0 bridgehead atoms. The zero-order chi connectivity index (χ0) is 19.4. The van der Waals surface area contributed by atoms with Crippen molar-refractivity contribution in [3.05, 3.63) is 41.6 Å². The Hall–Kier alpha value is -3.16. The van der Waals surface area contributed by atoms with Crippen molar-refractivity contribution in [3.8, 4) is 11.4 Å². The second-order valence-corrected chi connectivity index (χ2v) is 6.65. The van der Waals surface area contributed by atoms with E-state index in [1.54, 1.807) is 23.2 Å².